The standard InChI is InChI=1S/C15H15NO4/c1-11-5-3-4-6-12(11)10-20-15-9-13(16(17)18)7-8-14(15)19-2/h3-9H,10H2,1-2H3. The summed E-state index contributed by atoms with van der Waals surface area (Å²) in [6.45, 7) is 2.33. The van der Waals surface area contributed by atoms with Crippen LogP contribution >= 0.6 is 0 Å². The summed E-state index contributed by atoms with van der Waals surface area (Å²) in [6.07, 6.45) is 0. The molecule has 2 aromatic rings. The van der Waals surface area contributed by atoms with Crippen molar-refractivity contribution in [3.63, 3.8) is 0 Å². The number of non-ortho nitro benzene ring substituents is 1. The van der Waals surface area contributed by atoms with Gasteiger partial charge < -0.3 is 9.47 Å². The zero-order valence-electron chi connectivity index (χ0n) is 11.3. The largest absolute Gasteiger partial charge is 0.493 e. The first-order valence-electron chi connectivity index (χ1n) is 6.11. The third kappa shape index (κ3) is 3.06. The van der Waals surface area contributed by atoms with Gasteiger partial charge in [0.1, 0.15) is 6.61 Å². The molecule has 0 heterocycles. The van der Waals surface area contributed by atoms with E-state index in [9.17, 15) is 10.1 Å². The third-order valence-corrected chi connectivity index (χ3v) is 3.00. The second kappa shape index (κ2) is 6.06. The molecule has 0 N–H and O–H groups in total. The number of hydrogen-bond donors (Lipinski definition) is 0. The molecule has 0 aliphatic heterocycles. The highest BCUT2D eigenvalue weighted by Crippen LogP contribution is 2.31. The number of nitrogens with zero attached hydrogens (tertiary/aromatic N) is 1. The van der Waals surface area contributed by atoms with Crippen molar-refractivity contribution in [1.29, 1.82) is 0 Å². The van der Waals surface area contributed by atoms with E-state index >= 15 is 0 Å². The van der Waals surface area contributed by atoms with E-state index in [2.05, 4.69) is 0 Å². The second-order valence-electron chi connectivity index (χ2n) is 4.31. The van der Waals surface area contributed by atoms with Crippen LogP contribution in [0.3, 0.4) is 0 Å². The average Bonchev–Trinajstić information content (AvgIpc) is 2.46. The highest BCUT2D eigenvalue weighted by atomic mass is 16.6. The molecule has 104 valence electrons. The Morgan fingerprint density at radius 1 is 1.15 bits per heavy atom. The minimum atomic E-state index is -0.458. The van der Waals surface area contributed by atoms with Crippen molar-refractivity contribution in [2.75, 3.05) is 7.11 Å². The van der Waals surface area contributed by atoms with Crippen molar-refractivity contribution in [3.8, 4) is 11.5 Å². The number of nitro benzene ring substituents is 1. The van der Waals surface area contributed by atoms with Gasteiger partial charge >= 0.3 is 0 Å². The maximum atomic E-state index is 10.8. The molecular formula is C15H15NO4. The van der Waals surface area contributed by atoms with E-state index in [1.807, 2.05) is 31.2 Å². The van der Waals surface area contributed by atoms with Gasteiger partial charge in [-0.2, -0.15) is 0 Å². The molecule has 2 aromatic carbocycles. The number of methoxy groups -OCH3 is 1. The Labute approximate surface area is 116 Å². The molecule has 5 heteroatoms. The van der Waals surface area contributed by atoms with E-state index in [4.69, 9.17) is 9.47 Å². The molecule has 0 atom stereocenters. The first-order chi connectivity index (χ1) is 9.61. The summed E-state index contributed by atoms with van der Waals surface area (Å²) in [6, 6.07) is 12.1. The molecule has 20 heavy (non-hydrogen) atoms. The van der Waals surface area contributed by atoms with E-state index in [0.29, 0.717) is 18.1 Å². The Morgan fingerprint density at radius 3 is 2.55 bits per heavy atom. The molecule has 0 aromatic heterocycles. The summed E-state index contributed by atoms with van der Waals surface area (Å²) >= 11 is 0. The van der Waals surface area contributed by atoms with Gasteiger partial charge in [-0.15, -0.1) is 0 Å². The Morgan fingerprint density at radius 2 is 1.90 bits per heavy atom. The van der Waals surface area contributed by atoms with Crippen molar-refractivity contribution >= 4 is 5.69 Å². The minimum Gasteiger partial charge on any atom is -0.493 e. The van der Waals surface area contributed by atoms with Gasteiger partial charge in [-0.3, -0.25) is 10.1 Å². The number of aryl methyl sites for hydroxylation is 1. The first kappa shape index (κ1) is 13.9. The molecule has 2 rings (SSSR count). The number of ether oxygens (including phenoxy) is 2. The predicted octanol–water partition coefficient (Wildman–Crippen LogP) is 3.49. The van der Waals surface area contributed by atoms with Crippen LogP contribution in [0.5, 0.6) is 11.5 Å². The molecule has 0 radical (unpaired) electrons. The van der Waals surface area contributed by atoms with E-state index in [0.717, 1.165) is 11.1 Å². The lowest BCUT2D eigenvalue weighted by molar-refractivity contribution is -0.385. The predicted molar refractivity (Wildman–Crippen MR) is 75.2 cm³/mol. The minimum absolute atomic E-state index is 0.0226. The Kier molecular flexibility index (Phi) is 4.20. The van der Waals surface area contributed by atoms with Crippen molar-refractivity contribution < 1.29 is 14.4 Å². The fourth-order valence-corrected chi connectivity index (χ4v) is 1.82. The van der Waals surface area contributed by atoms with Gasteiger partial charge in [-0.1, -0.05) is 24.3 Å². The van der Waals surface area contributed by atoms with Crippen molar-refractivity contribution in [2.24, 2.45) is 0 Å². The van der Waals surface area contributed by atoms with Gasteiger partial charge in [0.05, 0.1) is 18.1 Å². The van der Waals surface area contributed by atoms with Crippen LogP contribution in [-0.4, -0.2) is 12.0 Å². The molecule has 0 aliphatic carbocycles. The van der Waals surface area contributed by atoms with Gasteiger partial charge in [-0.05, 0) is 24.1 Å². The van der Waals surface area contributed by atoms with Gasteiger partial charge in [0.2, 0.25) is 0 Å². The molecule has 0 aliphatic rings. The summed E-state index contributed by atoms with van der Waals surface area (Å²) < 4.78 is 10.8. The zero-order chi connectivity index (χ0) is 14.5. The smallest absolute Gasteiger partial charge is 0.273 e. The topological polar surface area (TPSA) is 61.6 Å². The zero-order valence-corrected chi connectivity index (χ0v) is 11.3. The van der Waals surface area contributed by atoms with Crippen LogP contribution in [-0.2, 0) is 6.61 Å². The molecular weight excluding hydrogens is 258 g/mol. The highest BCUT2D eigenvalue weighted by Gasteiger charge is 2.12. The fraction of sp³-hybridized carbons (Fsp3) is 0.200. The number of benzene rings is 2. The van der Waals surface area contributed by atoms with Crippen LogP contribution in [0.1, 0.15) is 11.1 Å². The van der Waals surface area contributed by atoms with Crippen LogP contribution in [0.25, 0.3) is 0 Å². The molecule has 0 bridgehead atoms. The van der Waals surface area contributed by atoms with Crippen molar-refractivity contribution in [1.82, 2.24) is 0 Å². The van der Waals surface area contributed by atoms with Crippen molar-refractivity contribution in [3.05, 3.63) is 63.7 Å². The molecule has 0 saturated heterocycles. The van der Waals surface area contributed by atoms with Crippen LogP contribution in [0, 0.1) is 17.0 Å². The lowest BCUT2D eigenvalue weighted by Gasteiger charge is -2.11. The maximum absolute atomic E-state index is 10.8. The normalized spacial score (nSPS) is 10.1. The number of hydrogen-bond acceptors (Lipinski definition) is 4. The Hall–Kier alpha value is -2.56. The maximum Gasteiger partial charge on any atom is 0.273 e. The van der Waals surface area contributed by atoms with Gasteiger partial charge in [0, 0.05) is 6.07 Å². The van der Waals surface area contributed by atoms with Crippen molar-refractivity contribution in [2.45, 2.75) is 13.5 Å². The van der Waals surface area contributed by atoms with Gasteiger partial charge in [0.15, 0.2) is 11.5 Å². The lowest BCUT2D eigenvalue weighted by Crippen LogP contribution is -2.00. The molecule has 0 amide bonds. The second-order valence-corrected chi connectivity index (χ2v) is 4.31. The average molecular weight is 273 g/mol. The number of rotatable bonds is 5. The highest BCUT2D eigenvalue weighted by molar-refractivity contribution is 5.48. The monoisotopic (exact) mass is 273 g/mol. The van der Waals surface area contributed by atoms with Gasteiger partial charge in [-0.25, -0.2) is 0 Å². The van der Waals surface area contributed by atoms with Crippen LogP contribution in [0.15, 0.2) is 42.5 Å². The van der Waals surface area contributed by atoms with Crippen LogP contribution in [0.4, 0.5) is 5.69 Å². The summed E-state index contributed by atoms with van der Waals surface area (Å²) in [4.78, 5) is 10.3. The Bertz CT molecular complexity index is 625. The fourth-order valence-electron chi connectivity index (χ4n) is 1.82. The van der Waals surface area contributed by atoms with Crippen LogP contribution in [0.2, 0.25) is 0 Å². The SMILES string of the molecule is COc1ccc([N+](=O)[O-])cc1OCc1ccccc1C. The number of nitro groups is 1. The molecule has 0 fully saturated rings. The Balaban J connectivity index is 2.22. The van der Waals surface area contributed by atoms with E-state index < -0.39 is 4.92 Å². The molecule has 0 unspecified atom stereocenters. The summed E-state index contributed by atoms with van der Waals surface area (Å²) in [5, 5.41) is 10.8. The molecule has 5 nitrogen and oxygen atoms in total. The van der Waals surface area contributed by atoms with E-state index in [-0.39, 0.29) is 5.69 Å². The first-order valence-corrected chi connectivity index (χ1v) is 6.11. The van der Waals surface area contributed by atoms with Gasteiger partial charge in [0.25, 0.3) is 5.69 Å². The third-order valence-electron chi connectivity index (χ3n) is 3.00. The molecule has 0 spiro atoms. The molecule has 0 saturated carbocycles. The summed E-state index contributed by atoms with van der Waals surface area (Å²) in [7, 11) is 1.50. The lowest BCUT2D eigenvalue weighted by atomic mass is 10.1. The summed E-state index contributed by atoms with van der Waals surface area (Å²) in [5.41, 5.74) is 2.11. The summed E-state index contributed by atoms with van der Waals surface area (Å²) in [5.74, 6) is 0.842. The van der Waals surface area contributed by atoms with E-state index in [1.165, 1.54) is 25.3 Å². The quantitative estimate of drug-likeness (QED) is 0.618. The van der Waals surface area contributed by atoms with E-state index in [1.54, 1.807) is 0 Å². The van der Waals surface area contributed by atoms with Crippen LogP contribution < -0.4 is 9.47 Å².